The third-order valence-corrected chi connectivity index (χ3v) is 1.56. The van der Waals surface area contributed by atoms with Gasteiger partial charge in [0.05, 0.1) is 0 Å². The summed E-state index contributed by atoms with van der Waals surface area (Å²) >= 11 is 0. The van der Waals surface area contributed by atoms with E-state index in [9.17, 15) is 0 Å². The van der Waals surface area contributed by atoms with Crippen molar-refractivity contribution in [3.8, 4) is 0 Å². The Morgan fingerprint density at radius 2 is 2.00 bits per heavy atom. The van der Waals surface area contributed by atoms with Crippen LogP contribution in [0.1, 0.15) is 12.8 Å². The van der Waals surface area contributed by atoms with Crippen LogP contribution in [0.3, 0.4) is 0 Å². The Kier molecular flexibility index (Phi) is 2.28. The number of nitrogens with zero attached hydrogens (tertiary/aromatic N) is 1. The van der Waals surface area contributed by atoms with Gasteiger partial charge < -0.3 is 0 Å². The SMILES string of the molecule is [B]=CCN1CCCC1. The molecular formula is C6H11BN. The van der Waals surface area contributed by atoms with Crippen molar-refractivity contribution in [2.75, 3.05) is 19.6 Å². The van der Waals surface area contributed by atoms with E-state index in [4.69, 9.17) is 7.49 Å². The minimum atomic E-state index is 0.972. The van der Waals surface area contributed by atoms with Crippen molar-refractivity contribution < 1.29 is 0 Å². The number of hydrogen-bond donors (Lipinski definition) is 0. The molecule has 1 aliphatic heterocycles. The number of likely N-dealkylation sites (tertiary alicyclic amines) is 1. The van der Waals surface area contributed by atoms with E-state index < -0.39 is 0 Å². The van der Waals surface area contributed by atoms with Gasteiger partial charge in [0, 0.05) is 0 Å². The quantitative estimate of drug-likeness (QED) is 0.452. The van der Waals surface area contributed by atoms with Gasteiger partial charge in [0.2, 0.25) is 0 Å². The average molecular weight is 108 g/mol. The molecule has 1 saturated heterocycles. The molecule has 1 aliphatic rings. The van der Waals surface area contributed by atoms with Crippen LogP contribution in [0.2, 0.25) is 0 Å². The molecule has 0 unspecified atom stereocenters. The van der Waals surface area contributed by atoms with Crippen molar-refractivity contribution >= 4 is 13.5 Å². The topological polar surface area (TPSA) is 3.24 Å². The molecule has 1 nitrogen and oxygen atoms in total. The zero-order valence-electron chi connectivity index (χ0n) is 5.14. The number of rotatable bonds is 2. The number of hydrogen-bond acceptors (Lipinski definition) is 1. The van der Waals surface area contributed by atoms with Crippen LogP contribution < -0.4 is 0 Å². The molecule has 0 aromatic rings. The summed E-state index contributed by atoms with van der Waals surface area (Å²) in [5, 5.41) is 0. The van der Waals surface area contributed by atoms with Gasteiger partial charge in [-0.3, -0.25) is 0 Å². The van der Waals surface area contributed by atoms with E-state index in [0.717, 1.165) is 6.54 Å². The Hall–Kier alpha value is -0.105. The van der Waals surface area contributed by atoms with Crippen molar-refractivity contribution in [3.63, 3.8) is 0 Å². The predicted octanol–water partition coefficient (Wildman–Crippen LogP) is 0.0529. The molecule has 0 N–H and O–H groups in total. The molecule has 1 fully saturated rings. The molecular weight excluding hydrogens is 96.9 g/mol. The van der Waals surface area contributed by atoms with Gasteiger partial charge in [-0.15, -0.1) is 0 Å². The summed E-state index contributed by atoms with van der Waals surface area (Å²) in [6.07, 6.45) is 2.71. The minimum absolute atomic E-state index is 0.972. The average Bonchev–Trinajstić information content (AvgIpc) is 2.19. The van der Waals surface area contributed by atoms with Gasteiger partial charge in [-0.05, 0) is 0 Å². The van der Waals surface area contributed by atoms with Gasteiger partial charge in [0.1, 0.15) is 0 Å². The first-order valence-electron chi connectivity index (χ1n) is 3.19. The molecule has 2 heteroatoms. The first-order valence-corrected chi connectivity index (χ1v) is 3.19. The fraction of sp³-hybridized carbons (Fsp3) is 0.833. The second-order valence-corrected chi connectivity index (χ2v) is 2.24. The van der Waals surface area contributed by atoms with Crippen LogP contribution in [0, 0.1) is 0 Å². The monoisotopic (exact) mass is 108 g/mol. The molecule has 0 bridgehead atoms. The van der Waals surface area contributed by atoms with Gasteiger partial charge >= 0.3 is 50.8 Å². The fourth-order valence-electron chi connectivity index (χ4n) is 1.11. The van der Waals surface area contributed by atoms with Crippen molar-refractivity contribution in [3.05, 3.63) is 0 Å². The standard InChI is InChI=1S/C6H11BN/c7-3-6-8-4-1-2-5-8/h3H,1-2,4-6H2. The first-order chi connectivity index (χ1) is 3.93. The summed E-state index contributed by atoms with van der Waals surface area (Å²) in [4.78, 5) is 2.36. The van der Waals surface area contributed by atoms with E-state index in [1.807, 2.05) is 0 Å². The normalized spacial score (nSPS) is 21.4. The Morgan fingerprint density at radius 3 is 2.50 bits per heavy atom. The summed E-state index contributed by atoms with van der Waals surface area (Å²) in [5.74, 6) is 1.73. The van der Waals surface area contributed by atoms with Crippen LogP contribution in [0.15, 0.2) is 0 Å². The Bertz CT molecular complexity index is 76.6. The molecule has 1 radical (unpaired) electrons. The maximum absolute atomic E-state index is 5.24. The summed E-state index contributed by atoms with van der Waals surface area (Å²) in [5.41, 5.74) is 0. The third kappa shape index (κ3) is 1.44. The van der Waals surface area contributed by atoms with Crippen LogP contribution in [-0.4, -0.2) is 38.0 Å². The zero-order chi connectivity index (χ0) is 5.82. The Balaban J connectivity index is 2.14. The second-order valence-electron chi connectivity index (χ2n) is 2.24. The first kappa shape index (κ1) is 6.02. The summed E-state index contributed by atoms with van der Waals surface area (Å²) < 4.78 is 0. The van der Waals surface area contributed by atoms with Crippen LogP contribution in [0.5, 0.6) is 0 Å². The molecule has 0 saturated carbocycles. The van der Waals surface area contributed by atoms with Crippen LogP contribution in [0.25, 0.3) is 0 Å². The zero-order valence-corrected chi connectivity index (χ0v) is 5.14. The molecule has 0 amide bonds. The fourth-order valence-corrected chi connectivity index (χ4v) is 1.11. The van der Waals surface area contributed by atoms with Crippen molar-refractivity contribution in [2.45, 2.75) is 12.8 Å². The summed E-state index contributed by atoms with van der Waals surface area (Å²) in [6.45, 7) is 3.46. The molecule has 0 spiro atoms. The molecule has 8 heavy (non-hydrogen) atoms. The van der Waals surface area contributed by atoms with E-state index in [0.29, 0.717) is 0 Å². The molecule has 0 aromatic heterocycles. The van der Waals surface area contributed by atoms with Crippen molar-refractivity contribution in [1.82, 2.24) is 4.90 Å². The Morgan fingerprint density at radius 1 is 1.38 bits per heavy atom. The van der Waals surface area contributed by atoms with E-state index in [1.54, 1.807) is 5.97 Å². The van der Waals surface area contributed by atoms with Gasteiger partial charge in [-0.2, -0.15) is 0 Å². The van der Waals surface area contributed by atoms with Gasteiger partial charge in [-0.25, -0.2) is 0 Å². The van der Waals surface area contributed by atoms with Crippen molar-refractivity contribution in [2.24, 2.45) is 0 Å². The van der Waals surface area contributed by atoms with E-state index in [2.05, 4.69) is 4.90 Å². The van der Waals surface area contributed by atoms with E-state index in [-0.39, 0.29) is 0 Å². The third-order valence-electron chi connectivity index (χ3n) is 1.56. The van der Waals surface area contributed by atoms with Gasteiger partial charge in [0.15, 0.2) is 0 Å². The predicted molar refractivity (Wildman–Crippen MR) is 37.5 cm³/mol. The molecule has 1 rings (SSSR count). The molecule has 1 heterocycles. The van der Waals surface area contributed by atoms with Gasteiger partial charge in [-0.1, -0.05) is 0 Å². The van der Waals surface area contributed by atoms with Crippen LogP contribution >= 0.6 is 0 Å². The van der Waals surface area contributed by atoms with Gasteiger partial charge in [0.25, 0.3) is 0 Å². The maximum atomic E-state index is 5.24. The molecule has 0 aromatic carbocycles. The van der Waals surface area contributed by atoms with Crippen LogP contribution in [-0.2, 0) is 0 Å². The van der Waals surface area contributed by atoms with Crippen LogP contribution in [0.4, 0.5) is 0 Å². The second kappa shape index (κ2) is 3.03. The van der Waals surface area contributed by atoms with E-state index >= 15 is 0 Å². The summed E-state index contributed by atoms with van der Waals surface area (Å²) in [6, 6.07) is 0. The van der Waals surface area contributed by atoms with Crippen molar-refractivity contribution in [1.29, 1.82) is 0 Å². The van der Waals surface area contributed by atoms with E-state index in [1.165, 1.54) is 25.9 Å². The summed E-state index contributed by atoms with van der Waals surface area (Å²) in [7, 11) is 5.24. The molecule has 43 valence electrons. The molecule has 0 aliphatic carbocycles. The Labute approximate surface area is 51.8 Å². The molecule has 0 atom stereocenters.